The predicted molar refractivity (Wildman–Crippen MR) is 7.81 cm³/mol. The Kier molecular flexibility index (Phi) is 1260. The van der Waals surface area contributed by atoms with Crippen LogP contribution in [0.15, 0.2) is 0 Å². The van der Waals surface area contributed by atoms with E-state index in [2.05, 4.69) is 0 Å². The first-order valence-electron chi connectivity index (χ1n) is 0. The van der Waals surface area contributed by atoms with Crippen molar-refractivity contribution in [3.63, 3.8) is 0 Å². The minimum absolute atomic E-state index is 0. The van der Waals surface area contributed by atoms with Crippen molar-refractivity contribution in [2.75, 3.05) is 0 Å². The SMILES string of the molecule is [Al+3].[Hf+4].[O-2].[O-2].[O-2]. The summed E-state index contributed by atoms with van der Waals surface area (Å²) < 4.78 is 0. The zero-order valence-electron chi connectivity index (χ0n) is 2.30. The van der Waals surface area contributed by atoms with Crippen LogP contribution in [0.25, 0.3) is 0 Å². The van der Waals surface area contributed by atoms with Crippen molar-refractivity contribution in [2.24, 2.45) is 0 Å². The average Bonchev–Trinajstić information content (AvgIpc) is 0. The monoisotopic (exact) mass is 255 g/mol. The molecule has 0 aliphatic carbocycles. The summed E-state index contributed by atoms with van der Waals surface area (Å²) in [6, 6.07) is 0. The average molecular weight is 253 g/mol. The fourth-order valence-corrected chi connectivity index (χ4v) is 0. The summed E-state index contributed by atoms with van der Waals surface area (Å²) in [4.78, 5) is 0. The molecule has 0 saturated heterocycles. The zero-order valence-corrected chi connectivity index (χ0v) is 7.05. The number of hydrogen-bond donors (Lipinski definition) is 0. The number of rotatable bonds is 0. The van der Waals surface area contributed by atoms with E-state index < -0.39 is 0 Å². The summed E-state index contributed by atoms with van der Waals surface area (Å²) in [6.45, 7) is 0. The molecule has 5 heavy (non-hydrogen) atoms. The molecule has 0 N–H and O–H groups in total. The van der Waals surface area contributed by atoms with E-state index in [4.69, 9.17) is 0 Å². The van der Waals surface area contributed by atoms with E-state index in [0.717, 1.165) is 0 Å². The molecule has 0 bridgehead atoms. The van der Waals surface area contributed by atoms with Crippen LogP contribution in [-0.4, -0.2) is 17.4 Å². The van der Waals surface area contributed by atoms with Gasteiger partial charge in [-0.1, -0.05) is 0 Å². The van der Waals surface area contributed by atoms with Gasteiger partial charge in [-0.2, -0.15) is 0 Å². The van der Waals surface area contributed by atoms with Crippen molar-refractivity contribution in [3.8, 4) is 0 Å². The fourth-order valence-electron chi connectivity index (χ4n) is 0. The third-order valence-corrected chi connectivity index (χ3v) is 0. The molecule has 0 atom stereocenters. The molecule has 0 aromatic heterocycles. The molecule has 3 nitrogen and oxygen atoms in total. The van der Waals surface area contributed by atoms with Crippen LogP contribution < -0.4 is 0 Å². The van der Waals surface area contributed by atoms with Crippen molar-refractivity contribution >= 4 is 17.4 Å². The molecule has 0 rings (SSSR count). The van der Waals surface area contributed by atoms with Crippen molar-refractivity contribution in [3.05, 3.63) is 0 Å². The molecule has 24 valence electrons. The second kappa shape index (κ2) is 58.9. The molecule has 0 aliphatic heterocycles. The maximum atomic E-state index is 0. The fraction of sp³-hybridized carbons (Fsp3) is 0. The van der Waals surface area contributed by atoms with E-state index >= 15 is 0 Å². The Morgan fingerprint density at radius 3 is 0.600 bits per heavy atom. The van der Waals surface area contributed by atoms with Crippen LogP contribution in [0.5, 0.6) is 0 Å². The van der Waals surface area contributed by atoms with Gasteiger partial charge in [0.15, 0.2) is 0 Å². The van der Waals surface area contributed by atoms with Crippen LogP contribution in [0.4, 0.5) is 0 Å². The Morgan fingerprint density at radius 2 is 0.600 bits per heavy atom. The summed E-state index contributed by atoms with van der Waals surface area (Å²) in [5.74, 6) is 0. The molecule has 0 radical (unpaired) electrons. The standard InChI is InChI=1S/Al.Hf.3O/q+3;+4;3*-2. The Labute approximate surface area is 59.6 Å². The van der Waals surface area contributed by atoms with Crippen molar-refractivity contribution in [1.82, 2.24) is 0 Å². The molecular weight excluding hydrogens is 253 g/mol. The minimum Gasteiger partial charge on any atom is -2.00 e. The van der Waals surface area contributed by atoms with Crippen LogP contribution in [-0.2, 0) is 42.3 Å². The van der Waals surface area contributed by atoms with Gasteiger partial charge in [0, 0.05) is 0 Å². The van der Waals surface area contributed by atoms with Gasteiger partial charge in [0.2, 0.25) is 0 Å². The zero-order chi connectivity index (χ0) is 0. The summed E-state index contributed by atoms with van der Waals surface area (Å²) in [7, 11) is 0. The third kappa shape index (κ3) is 34.6. The molecule has 0 unspecified atom stereocenters. The molecule has 0 amide bonds. The Balaban J connectivity index is 0. The van der Waals surface area contributed by atoms with Crippen molar-refractivity contribution < 1.29 is 42.3 Å². The van der Waals surface area contributed by atoms with Gasteiger partial charge < -0.3 is 16.4 Å². The van der Waals surface area contributed by atoms with Crippen LogP contribution in [0.1, 0.15) is 0 Å². The Bertz CT molecular complexity index is 6.85. The summed E-state index contributed by atoms with van der Waals surface area (Å²) in [5.41, 5.74) is 0. The minimum atomic E-state index is 0. The van der Waals surface area contributed by atoms with Gasteiger partial charge in [-0.3, -0.25) is 0 Å². The van der Waals surface area contributed by atoms with Crippen LogP contribution in [0, 0.1) is 0 Å². The first-order valence-corrected chi connectivity index (χ1v) is 0. The maximum absolute atomic E-state index is 0. The van der Waals surface area contributed by atoms with Crippen molar-refractivity contribution in [1.29, 1.82) is 0 Å². The third-order valence-electron chi connectivity index (χ3n) is 0. The van der Waals surface area contributed by atoms with Gasteiger partial charge in [-0.15, -0.1) is 0 Å². The van der Waals surface area contributed by atoms with E-state index in [1.807, 2.05) is 0 Å². The smallest absolute Gasteiger partial charge is 2.00 e. The Morgan fingerprint density at radius 1 is 0.600 bits per heavy atom. The van der Waals surface area contributed by atoms with Crippen molar-refractivity contribution in [2.45, 2.75) is 0 Å². The van der Waals surface area contributed by atoms with Gasteiger partial charge in [0.05, 0.1) is 0 Å². The second-order valence-electron chi connectivity index (χ2n) is 0. The predicted octanol–water partition coefficient (Wildman–Crippen LogP) is -0.740. The van der Waals surface area contributed by atoms with Crippen LogP contribution in [0.3, 0.4) is 0 Å². The molecule has 0 spiro atoms. The second-order valence-corrected chi connectivity index (χ2v) is 0. The molecule has 5 heteroatoms. The topological polar surface area (TPSA) is 85.5 Å². The van der Waals surface area contributed by atoms with E-state index in [9.17, 15) is 0 Å². The quantitative estimate of drug-likeness (QED) is 0.509. The van der Waals surface area contributed by atoms with Gasteiger partial charge in [-0.25, -0.2) is 0 Å². The molecular formula is AlHfO3+. The summed E-state index contributed by atoms with van der Waals surface area (Å²) in [5, 5.41) is 0. The van der Waals surface area contributed by atoms with Crippen LogP contribution >= 0.6 is 0 Å². The maximum Gasteiger partial charge on any atom is 4.00 e. The number of hydrogen-bond acceptors (Lipinski definition) is 0. The van der Waals surface area contributed by atoms with Gasteiger partial charge in [0.25, 0.3) is 0 Å². The van der Waals surface area contributed by atoms with E-state index in [1.54, 1.807) is 0 Å². The first-order chi connectivity index (χ1) is 0. The van der Waals surface area contributed by atoms with E-state index in [-0.39, 0.29) is 59.6 Å². The summed E-state index contributed by atoms with van der Waals surface area (Å²) in [6.07, 6.45) is 0. The molecule has 0 aromatic rings. The van der Waals surface area contributed by atoms with E-state index in [0.29, 0.717) is 0 Å². The molecule has 0 aliphatic rings. The normalized spacial score (nSPS) is 0. The first kappa shape index (κ1) is 107. The largest absolute Gasteiger partial charge is 4.00 e. The van der Waals surface area contributed by atoms with E-state index in [1.165, 1.54) is 0 Å². The molecule has 0 aromatic carbocycles. The van der Waals surface area contributed by atoms with Gasteiger partial charge in [-0.05, 0) is 0 Å². The van der Waals surface area contributed by atoms with Gasteiger partial charge in [0.1, 0.15) is 0 Å². The van der Waals surface area contributed by atoms with Gasteiger partial charge >= 0.3 is 43.2 Å². The molecule has 0 saturated carbocycles. The van der Waals surface area contributed by atoms with Crippen LogP contribution in [0.2, 0.25) is 0 Å². The molecule has 0 heterocycles. The summed E-state index contributed by atoms with van der Waals surface area (Å²) >= 11 is 0. The molecule has 0 fully saturated rings. The Hall–Kier alpha value is 1.28.